The molecule has 1 atom stereocenters. The van der Waals surface area contributed by atoms with E-state index in [9.17, 15) is 14.4 Å². The van der Waals surface area contributed by atoms with Crippen LogP contribution in [0.15, 0.2) is 85.1 Å². The molecule has 0 spiro atoms. The topological polar surface area (TPSA) is 78.9 Å². The fraction of sp³-hybridized carbons (Fsp3) is 0.770. The molecule has 6 heteroatoms. The molecule has 0 aromatic heterocycles. The van der Waals surface area contributed by atoms with Crippen LogP contribution in [0.2, 0.25) is 0 Å². The van der Waals surface area contributed by atoms with Gasteiger partial charge in [-0.3, -0.25) is 14.4 Å². The Balaban J connectivity index is 4.37. The molecule has 0 radical (unpaired) electrons. The van der Waals surface area contributed by atoms with E-state index in [1.807, 2.05) is 0 Å². The zero-order valence-corrected chi connectivity index (χ0v) is 53.1. The molecule has 0 fully saturated rings. The van der Waals surface area contributed by atoms with Gasteiger partial charge in [0.2, 0.25) is 0 Å². The zero-order chi connectivity index (χ0) is 57.8. The molecule has 0 N–H and O–H groups in total. The smallest absolute Gasteiger partial charge is 0.306 e. The van der Waals surface area contributed by atoms with Crippen LogP contribution in [0, 0.1) is 0 Å². The summed E-state index contributed by atoms with van der Waals surface area (Å²) in [7, 11) is 0. The SMILES string of the molecule is CCCCCC/C=C\C/C=C\CCCCCCCC(=O)OCC(COC(=O)CCCCCCCCCCCC/C=C\C/C=C\C/C=C\CCCCCCC)OC(=O)CCCCCCCCCCC/C=C\C/C=C\CCCCCCC. The number of hydrogen-bond acceptors (Lipinski definition) is 6. The minimum absolute atomic E-state index is 0.0837. The third-order valence-corrected chi connectivity index (χ3v) is 15.1. The molecule has 0 aliphatic rings. The number of carbonyl (C=O) groups is 3. The molecule has 0 saturated carbocycles. The number of rotatable bonds is 63. The van der Waals surface area contributed by atoms with Gasteiger partial charge in [0.15, 0.2) is 6.10 Å². The summed E-state index contributed by atoms with van der Waals surface area (Å²) in [6.07, 6.45) is 90.2. The Hall–Kier alpha value is -3.41. The van der Waals surface area contributed by atoms with Crippen LogP contribution >= 0.6 is 0 Å². The van der Waals surface area contributed by atoms with Gasteiger partial charge in [0, 0.05) is 19.3 Å². The minimum Gasteiger partial charge on any atom is -0.462 e. The van der Waals surface area contributed by atoms with Crippen molar-refractivity contribution >= 4 is 17.9 Å². The average Bonchev–Trinajstić information content (AvgIpc) is 3.46. The molecule has 0 saturated heterocycles. The lowest BCUT2D eigenvalue weighted by molar-refractivity contribution is -0.167. The van der Waals surface area contributed by atoms with Gasteiger partial charge in [0.25, 0.3) is 0 Å². The predicted molar refractivity (Wildman–Crippen MR) is 348 cm³/mol. The second-order valence-electron chi connectivity index (χ2n) is 23.1. The molecule has 0 amide bonds. The first-order valence-corrected chi connectivity index (χ1v) is 34.6. The Morgan fingerprint density at radius 2 is 0.450 bits per heavy atom. The second-order valence-corrected chi connectivity index (χ2v) is 23.1. The molecule has 1 unspecified atom stereocenters. The largest absolute Gasteiger partial charge is 0.462 e. The van der Waals surface area contributed by atoms with E-state index < -0.39 is 6.10 Å². The highest BCUT2D eigenvalue weighted by Gasteiger charge is 2.19. The van der Waals surface area contributed by atoms with Gasteiger partial charge in [-0.05, 0) is 122 Å². The highest BCUT2D eigenvalue weighted by atomic mass is 16.6. The Kier molecular flexibility index (Phi) is 65.2. The number of ether oxygens (including phenoxy) is 3. The molecule has 80 heavy (non-hydrogen) atoms. The van der Waals surface area contributed by atoms with E-state index in [1.165, 1.54) is 212 Å². The third kappa shape index (κ3) is 65.4. The number of unbranched alkanes of at least 4 members (excludes halogenated alkanes) is 38. The van der Waals surface area contributed by atoms with Crippen LogP contribution in [0.4, 0.5) is 0 Å². The summed E-state index contributed by atoms with van der Waals surface area (Å²) in [6.45, 7) is 6.62. The predicted octanol–water partition coefficient (Wildman–Crippen LogP) is 23.8. The lowest BCUT2D eigenvalue weighted by Gasteiger charge is -2.18. The second kappa shape index (κ2) is 68.1. The highest BCUT2D eigenvalue weighted by Crippen LogP contribution is 2.16. The summed E-state index contributed by atoms with van der Waals surface area (Å²) < 4.78 is 17.0. The van der Waals surface area contributed by atoms with E-state index in [0.29, 0.717) is 19.3 Å². The van der Waals surface area contributed by atoms with Gasteiger partial charge >= 0.3 is 17.9 Å². The number of allylic oxidation sites excluding steroid dienone is 14. The average molecular weight is 1120 g/mol. The monoisotopic (exact) mass is 1110 g/mol. The van der Waals surface area contributed by atoms with Gasteiger partial charge < -0.3 is 14.2 Å². The van der Waals surface area contributed by atoms with E-state index >= 15 is 0 Å². The summed E-state index contributed by atoms with van der Waals surface area (Å²) in [5.74, 6) is -0.890. The normalized spacial score (nSPS) is 12.6. The molecule has 6 nitrogen and oxygen atoms in total. The van der Waals surface area contributed by atoms with Crippen LogP contribution in [0.5, 0.6) is 0 Å². The Morgan fingerprint density at radius 3 is 0.713 bits per heavy atom. The minimum atomic E-state index is -0.789. The molecule has 0 heterocycles. The van der Waals surface area contributed by atoms with Crippen LogP contribution in [0.1, 0.15) is 348 Å². The van der Waals surface area contributed by atoms with Crippen molar-refractivity contribution in [3.05, 3.63) is 85.1 Å². The van der Waals surface area contributed by atoms with Gasteiger partial charge in [-0.1, -0.05) is 292 Å². The molecule has 0 aromatic carbocycles. The van der Waals surface area contributed by atoms with Crippen molar-refractivity contribution in [3.8, 4) is 0 Å². The molecule has 0 rings (SSSR count). The van der Waals surface area contributed by atoms with E-state index in [0.717, 1.165) is 96.3 Å². The zero-order valence-electron chi connectivity index (χ0n) is 53.1. The highest BCUT2D eigenvalue weighted by molar-refractivity contribution is 5.71. The van der Waals surface area contributed by atoms with Crippen LogP contribution < -0.4 is 0 Å². The van der Waals surface area contributed by atoms with Crippen LogP contribution in [-0.2, 0) is 28.6 Å². The summed E-state index contributed by atoms with van der Waals surface area (Å²) in [6, 6.07) is 0. The van der Waals surface area contributed by atoms with E-state index in [2.05, 4.69) is 106 Å². The molecule has 0 aliphatic carbocycles. The third-order valence-electron chi connectivity index (χ3n) is 15.1. The Labute approximate surface area is 496 Å². The maximum absolute atomic E-state index is 13.0. The van der Waals surface area contributed by atoms with Crippen LogP contribution in [-0.4, -0.2) is 37.2 Å². The lowest BCUT2D eigenvalue weighted by atomic mass is 10.0. The molecule has 0 aromatic rings. The standard InChI is InChI=1S/C74H130O6/c1-4-7-10-13-16-19-22-25-28-31-33-35-36-37-38-40-41-43-46-49-52-55-58-61-64-67-73(76)79-70-71(69-78-72(75)66-63-60-57-54-51-48-45-30-27-24-21-18-15-12-9-6-3)80-74(77)68-65-62-59-56-53-50-47-44-42-39-34-32-29-26-23-20-17-14-11-8-5-2/h21-26,30-34,36-37,45,71H,4-20,27-29,35,38-44,46-70H2,1-3H3/b24-21-,25-22-,26-23-,33-31-,34-32-,37-36-,45-30-. The molecule has 0 bridgehead atoms. The summed E-state index contributed by atoms with van der Waals surface area (Å²) in [5, 5.41) is 0. The maximum Gasteiger partial charge on any atom is 0.306 e. The van der Waals surface area contributed by atoms with Crippen LogP contribution in [0.3, 0.4) is 0 Å². The van der Waals surface area contributed by atoms with Crippen molar-refractivity contribution in [3.63, 3.8) is 0 Å². The fourth-order valence-corrected chi connectivity index (χ4v) is 9.87. The first-order valence-electron chi connectivity index (χ1n) is 34.6. The van der Waals surface area contributed by atoms with Crippen molar-refractivity contribution in [2.45, 2.75) is 354 Å². The van der Waals surface area contributed by atoms with Gasteiger partial charge in [-0.15, -0.1) is 0 Å². The molecular weight excluding hydrogens is 985 g/mol. The van der Waals surface area contributed by atoms with Crippen molar-refractivity contribution in [2.75, 3.05) is 13.2 Å². The van der Waals surface area contributed by atoms with Crippen molar-refractivity contribution in [2.24, 2.45) is 0 Å². The van der Waals surface area contributed by atoms with E-state index in [4.69, 9.17) is 14.2 Å². The van der Waals surface area contributed by atoms with Gasteiger partial charge in [-0.2, -0.15) is 0 Å². The maximum atomic E-state index is 13.0. The lowest BCUT2D eigenvalue weighted by Crippen LogP contribution is -2.30. The van der Waals surface area contributed by atoms with Gasteiger partial charge in [0.1, 0.15) is 13.2 Å². The van der Waals surface area contributed by atoms with Crippen molar-refractivity contribution in [1.29, 1.82) is 0 Å². The molecular formula is C74H130O6. The quantitative estimate of drug-likeness (QED) is 0.0261. The summed E-state index contributed by atoms with van der Waals surface area (Å²) in [5.41, 5.74) is 0. The fourth-order valence-electron chi connectivity index (χ4n) is 9.87. The number of carbonyl (C=O) groups excluding carboxylic acids is 3. The van der Waals surface area contributed by atoms with Gasteiger partial charge in [-0.25, -0.2) is 0 Å². The summed E-state index contributed by atoms with van der Waals surface area (Å²) in [4.78, 5) is 38.4. The number of esters is 3. The van der Waals surface area contributed by atoms with Crippen molar-refractivity contribution in [1.82, 2.24) is 0 Å². The summed E-state index contributed by atoms with van der Waals surface area (Å²) >= 11 is 0. The van der Waals surface area contributed by atoms with Crippen LogP contribution in [0.25, 0.3) is 0 Å². The number of hydrogen-bond donors (Lipinski definition) is 0. The molecule has 0 aliphatic heterocycles. The first-order chi connectivity index (χ1) is 39.5. The Morgan fingerprint density at radius 1 is 0.250 bits per heavy atom. The Bertz CT molecular complexity index is 1520. The van der Waals surface area contributed by atoms with E-state index in [1.54, 1.807) is 0 Å². The van der Waals surface area contributed by atoms with Crippen molar-refractivity contribution < 1.29 is 28.6 Å². The first kappa shape index (κ1) is 76.6. The van der Waals surface area contributed by atoms with E-state index in [-0.39, 0.29) is 31.1 Å². The van der Waals surface area contributed by atoms with Gasteiger partial charge in [0.05, 0.1) is 0 Å². The molecule has 462 valence electrons.